The fourth-order valence-corrected chi connectivity index (χ4v) is 2.57. The van der Waals surface area contributed by atoms with E-state index in [1.807, 2.05) is 0 Å². The molecule has 0 aliphatic rings. The van der Waals surface area contributed by atoms with E-state index in [-0.39, 0.29) is 17.0 Å². The van der Waals surface area contributed by atoms with Crippen LogP contribution in [0.15, 0.2) is 64.2 Å². The number of benzene rings is 2. The summed E-state index contributed by atoms with van der Waals surface area (Å²) < 4.78 is 1.02. The number of fused-ring (bicyclic) bond motifs is 1. The molecule has 0 saturated carbocycles. The summed E-state index contributed by atoms with van der Waals surface area (Å²) in [7, 11) is 0. The monoisotopic (exact) mass is 351 g/mol. The molecule has 0 fully saturated rings. The number of aromatic nitrogens is 5. The molecule has 0 aliphatic heterocycles. The van der Waals surface area contributed by atoms with Crippen molar-refractivity contribution in [2.24, 2.45) is 0 Å². The highest BCUT2D eigenvalue weighted by atomic mass is 35.5. The number of aromatic amines is 1. The van der Waals surface area contributed by atoms with Crippen molar-refractivity contribution in [1.29, 1.82) is 0 Å². The molecule has 0 amide bonds. The maximum atomic E-state index is 12.8. The van der Waals surface area contributed by atoms with Crippen LogP contribution in [0.25, 0.3) is 28.2 Å². The van der Waals surface area contributed by atoms with Gasteiger partial charge in [-0.3, -0.25) is 9.78 Å². The van der Waals surface area contributed by atoms with E-state index in [0.717, 1.165) is 4.57 Å². The predicted molar refractivity (Wildman–Crippen MR) is 94.0 cm³/mol. The average Bonchev–Trinajstić information content (AvgIpc) is 2.63. The Morgan fingerprint density at radius 3 is 2.36 bits per heavy atom. The van der Waals surface area contributed by atoms with Crippen LogP contribution in [0, 0.1) is 0 Å². The third-order valence-corrected chi connectivity index (χ3v) is 3.89. The minimum atomic E-state index is -0.598. The molecule has 0 aliphatic carbocycles. The largest absolute Gasteiger partial charge is 0.334 e. The Labute approximate surface area is 145 Å². The summed E-state index contributed by atoms with van der Waals surface area (Å²) in [6.07, 6.45) is 0. The van der Waals surface area contributed by atoms with Crippen LogP contribution in [0.5, 0.6) is 0 Å². The van der Waals surface area contributed by atoms with Crippen molar-refractivity contribution in [1.82, 2.24) is 24.7 Å². The third-order valence-electron chi connectivity index (χ3n) is 3.64. The van der Waals surface area contributed by atoms with E-state index in [4.69, 9.17) is 11.6 Å². The van der Waals surface area contributed by atoms with Crippen LogP contribution in [0.1, 0.15) is 0 Å². The number of H-pyrrole nitrogens is 1. The Balaban J connectivity index is 1.97. The lowest BCUT2D eigenvalue weighted by Crippen LogP contribution is -2.34. The summed E-state index contributed by atoms with van der Waals surface area (Å²) in [6.45, 7) is 0. The second-order valence-corrected chi connectivity index (χ2v) is 5.68. The van der Waals surface area contributed by atoms with Gasteiger partial charge in [0.2, 0.25) is 0 Å². The number of hydrogen-bond donors (Lipinski definition) is 1. The van der Waals surface area contributed by atoms with E-state index in [0.29, 0.717) is 16.3 Å². The van der Waals surface area contributed by atoms with Crippen molar-refractivity contribution >= 4 is 22.8 Å². The van der Waals surface area contributed by atoms with Gasteiger partial charge in [0.1, 0.15) is 0 Å². The molecule has 7 nitrogen and oxygen atoms in total. The summed E-state index contributed by atoms with van der Waals surface area (Å²) in [5.74, 6) is 0.271. The van der Waals surface area contributed by atoms with Crippen molar-refractivity contribution in [3.8, 4) is 17.1 Å². The van der Waals surface area contributed by atoms with Crippen molar-refractivity contribution in [3.05, 3.63) is 80.5 Å². The van der Waals surface area contributed by atoms with E-state index in [2.05, 4.69) is 20.2 Å². The molecule has 25 heavy (non-hydrogen) atoms. The fraction of sp³-hybridized carbons (Fsp3) is 0. The van der Waals surface area contributed by atoms with Gasteiger partial charge in [0, 0.05) is 10.6 Å². The summed E-state index contributed by atoms with van der Waals surface area (Å²) >= 11 is 5.88. The summed E-state index contributed by atoms with van der Waals surface area (Å²) in [5, 5.41) is 8.47. The van der Waals surface area contributed by atoms with Crippen molar-refractivity contribution < 1.29 is 0 Å². The van der Waals surface area contributed by atoms with Crippen LogP contribution in [-0.2, 0) is 0 Å². The van der Waals surface area contributed by atoms with Gasteiger partial charge < -0.3 is 0 Å². The fourth-order valence-electron chi connectivity index (χ4n) is 2.45. The Morgan fingerprint density at radius 2 is 1.64 bits per heavy atom. The highest BCUT2D eigenvalue weighted by molar-refractivity contribution is 6.30. The summed E-state index contributed by atoms with van der Waals surface area (Å²) in [5.41, 5.74) is 0.0235. The zero-order valence-electron chi connectivity index (χ0n) is 12.7. The molecule has 2 heterocycles. The number of para-hydroxylation sites is 1. The lowest BCUT2D eigenvalue weighted by atomic mass is 10.2. The Kier molecular flexibility index (Phi) is 3.62. The third kappa shape index (κ3) is 2.70. The number of nitrogens with zero attached hydrogens (tertiary/aromatic N) is 4. The van der Waals surface area contributed by atoms with Gasteiger partial charge in [0.25, 0.3) is 5.56 Å². The van der Waals surface area contributed by atoms with Gasteiger partial charge in [-0.1, -0.05) is 29.8 Å². The molecule has 1 N–H and O–H groups in total. The molecule has 2 aromatic carbocycles. The maximum absolute atomic E-state index is 12.8. The van der Waals surface area contributed by atoms with Crippen molar-refractivity contribution in [2.75, 3.05) is 0 Å². The second kappa shape index (κ2) is 5.95. The molecular weight excluding hydrogens is 342 g/mol. The molecule has 122 valence electrons. The van der Waals surface area contributed by atoms with Crippen LogP contribution >= 0.6 is 11.6 Å². The molecule has 0 unspecified atom stereocenters. The number of hydrogen-bond acceptors (Lipinski definition) is 5. The molecular formula is C17H10ClN5O2. The van der Waals surface area contributed by atoms with Crippen molar-refractivity contribution in [3.63, 3.8) is 0 Å². The van der Waals surface area contributed by atoms with Gasteiger partial charge in [-0.05, 0) is 36.4 Å². The Hall–Kier alpha value is -3.32. The van der Waals surface area contributed by atoms with Gasteiger partial charge in [-0.25, -0.2) is 14.3 Å². The van der Waals surface area contributed by atoms with Crippen LogP contribution in [0.3, 0.4) is 0 Å². The quantitative estimate of drug-likeness (QED) is 0.597. The molecule has 0 bridgehead atoms. The highest BCUT2D eigenvalue weighted by Crippen LogP contribution is 2.18. The van der Waals surface area contributed by atoms with Gasteiger partial charge >= 0.3 is 5.69 Å². The van der Waals surface area contributed by atoms with E-state index < -0.39 is 11.2 Å². The van der Waals surface area contributed by atoms with Gasteiger partial charge in [-0.2, -0.15) is 0 Å². The van der Waals surface area contributed by atoms with Crippen LogP contribution < -0.4 is 11.2 Å². The molecule has 0 spiro atoms. The summed E-state index contributed by atoms with van der Waals surface area (Å²) in [6, 6.07) is 15.4. The normalized spacial score (nSPS) is 10.9. The Morgan fingerprint density at radius 1 is 0.920 bits per heavy atom. The zero-order chi connectivity index (χ0) is 17.4. The molecule has 8 heteroatoms. The molecule has 2 aromatic heterocycles. The lowest BCUT2D eigenvalue weighted by molar-refractivity contribution is 0.873. The average molecular weight is 352 g/mol. The minimum Gasteiger partial charge on any atom is -0.288 e. The first kappa shape index (κ1) is 15.2. The topological polar surface area (TPSA) is 93.5 Å². The first-order valence-electron chi connectivity index (χ1n) is 7.34. The molecule has 4 rings (SSSR count). The molecule has 0 saturated heterocycles. The molecule has 0 atom stereocenters. The molecule has 4 aromatic rings. The number of rotatable bonds is 2. The number of nitrogens with one attached hydrogen (secondary N) is 1. The SMILES string of the molecule is O=c1[nH]c2nnc(-c3ccc(Cl)cc3)nc2c(=O)n1-c1ccccc1. The maximum Gasteiger partial charge on any atom is 0.334 e. The van der Waals surface area contributed by atoms with E-state index in [1.165, 1.54) is 0 Å². The van der Waals surface area contributed by atoms with Crippen molar-refractivity contribution in [2.45, 2.75) is 0 Å². The smallest absolute Gasteiger partial charge is 0.288 e. The van der Waals surface area contributed by atoms with Gasteiger partial charge in [0.05, 0.1) is 5.69 Å². The Bertz CT molecular complexity index is 1180. The zero-order valence-corrected chi connectivity index (χ0v) is 13.4. The summed E-state index contributed by atoms with van der Waals surface area (Å²) in [4.78, 5) is 31.8. The first-order chi connectivity index (χ1) is 12.1. The van der Waals surface area contributed by atoms with Gasteiger partial charge in [0.15, 0.2) is 17.0 Å². The standard InChI is InChI=1S/C17H10ClN5O2/c18-11-8-6-10(7-9-11)14-19-13-15(22-21-14)20-17(25)23(16(13)24)12-4-2-1-3-5-12/h1-9H,(H,20,22,25). The van der Waals surface area contributed by atoms with E-state index in [9.17, 15) is 9.59 Å². The second-order valence-electron chi connectivity index (χ2n) is 5.25. The first-order valence-corrected chi connectivity index (χ1v) is 7.72. The van der Waals surface area contributed by atoms with E-state index in [1.54, 1.807) is 54.6 Å². The van der Waals surface area contributed by atoms with Gasteiger partial charge in [-0.15, -0.1) is 10.2 Å². The predicted octanol–water partition coefficient (Wildman–Crippen LogP) is 2.18. The highest BCUT2D eigenvalue weighted by Gasteiger charge is 2.13. The lowest BCUT2D eigenvalue weighted by Gasteiger charge is -2.06. The van der Waals surface area contributed by atoms with E-state index >= 15 is 0 Å². The number of halogens is 1. The minimum absolute atomic E-state index is 0.0309. The van der Waals surface area contributed by atoms with Crippen LogP contribution in [-0.4, -0.2) is 24.7 Å². The molecule has 0 radical (unpaired) electrons. The van der Waals surface area contributed by atoms with Crippen LogP contribution in [0.4, 0.5) is 0 Å². The van der Waals surface area contributed by atoms with Crippen LogP contribution in [0.2, 0.25) is 5.02 Å².